The molecule has 1 aliphatic carbocycles. The van der Waals surface area contributed by atoms with Crippen molar-refractivity contribution in [3.8, 4) is 0 Å². The molecule has 0 atom stereocenters. The number of rotatable bonds is 6. The number of anilines is 1. The fourth-order valence-corrected chi connectivity index (χ4v) is 4.41. The van der Waals surface area contributed by atoms with Crippen molar-refractivity contribution in [3.63, 3.8) is 0 Å². The topological polar surface area (TPSA) is 86.9 Å². The highest BCUT2D eigenvalue weighted by molar-refractivity contribution is 9.11. The Hall–Kier alpha value is -1.67. The summed E-state index contributed by atoms with van der Waals surface area (Å²) in [6, 6.07) is 5.40. The van der Waals surface area contributed by atoms with Gasteiger partial charge in [-0.1, -0.05) is 32.1 Å². The van der Waals surface area contributed by atoms with E-state index in [4.69, 9.17) is 0 Å². The lowest BCUT2D eigenvalue weighted by atomic mass is 9.86. The molecule has 0 unspecified atom stereocenters. The number of hydrogen-bond acceptors (Lipinski definition) is 4. The molecule has 1 aliphatic rings. The molecule has 134 valence electrons. The average Bonchev–Trinajstić information content (AvgIpc) is 3.23. The van der Waals surface area contributed by atoms with Gasteiger partial charge >= 0.3 is 0 Å². The van der Waals surface area contributed by atoms with Gasteiger partial charge in [0.05, 0.1) is 15.2 Å². The summed E-state index contributed by atoms with van der Waals surface area (Å²) in [5.74, 6) is 0.664. The zero-order valence-corrected chi connectivity index (χ0v) is 16.2. The highest BCUT2D eigenvalue weighted by atomic mass is 79.9. The van der Waals surface area contributed by atoms with Crippen LogP contribution in [-0.4, -0.2) is 28.6 Å². The van der Waals surface area contributed by atoms with Crippen molar-refractivity contribution < 1.29 is 9.59 Å². The zero-order chi connectivity index (χ0) is 17.6. The zero-order valence-electron chi connectivity index (χ0n) is 13.8. The highest BCUT2D eigenvalue weighted by Crippen LogP contribution is 2.26. The van der Waals surface area contributed by atoms with Crippen LogP contribution in [0.5, 0.6) is 0 Å². The maximum absolute atomic E-state index is 12.0. The molecule has 0 saturated heterocycles. The SMILES string of the molecule is O=C(CNC(=O)c1ccc(Br)s1)Nc1cc(CC2CCCCC2)[nH]n1. The Kier molecular flexibility index (Phi) is 6.25. The molecule has 25 heavy (non-hydrogen) atoms. The smallest absolute Gasteiger partial charge is 0.261 e. The van der Waals surface area contributed by atoms with Gasteiger partial charge in [-0.25, -0.2) is 0 Å². The molecule has 8 heteroatoms. The first-order chi connectivity index (χ1) is 12.1. The van der Waals surface area contributed by atoms with Gasteiger partial charge in [-0.15, -0.1) is 11.3 Å². The number of H-pyrrole nitrogens is 1. The summed E-state index contributed by atoms with van der Waals surface area (Å²) in [7, 11) is 0. The fraction of sp³-hybridized carbons (Fsp3) is 0.471. The molecule has 2 heterocycles. The molecule has 1 saturated carbocycles. The number of nitrogens with one attached hydrogen (secondary N) is 3. The summed E-state index contributed by atoms with van der Waals surface area (Å²) in [6.45, 7) is -0.0842. The second-order valence-corrected chi connectivity index (χ2v) is 8.78. The molecule has 0 aromatic carbocycles. The molecular weight excluding hydrogens is 404 g/mol. The van der Waals surface area contributed by atoms with Crippen molar-refractivity contribution >= 4 is 44.9 Å². The van der Waals surface area contributed by atoms with Gasteiger partial charge in [0.2, 0.25) is 5.91 Å². The molecule has 0 aliphatic heterocycles. The Bertz CT molecular complexity index is 737. The number of halogens is 1. The van der Waals surface area contributed by atoms with E-state index in [1.807, 2.05) is 6.07 Å². The molecular formula is C17H21BrN4O2S. The first-order valence-corrected chi connectivity index (χ1v) is 10.1. The molecule has 0 spiro atoms. The summed E-state index contributed by atoms with van der Waals surface area (Å²) in [6.07, 6.45) is 7.48. The molecule has 0 bridgehead atoms. The Balaban J connectivity index is 1.44. The highest BCUT2D eigenvalue weighted by Gasteiger charge is 2.16. The van der Waals surface area contributed by atoms with Crippen molar-refractivity contribution in [2.75, 3.05) is 11.9 Å². The lowest BCUT2D eigenvalue weighted by Crippen LogP contribution is -2.32. The maximum atomic E-state index is 12.0. The fourth-order valence-electron chi connectivity index (χ4n) is 3.10. The second-order valence-electron chi connectivity index (χ2n) is 6.32. The number of aromatic nitrogens is 2. The summed E-state index contributed by atoms with van der Waals surface area (Å²) in [5, 5.41) is 12.4. The van der Waals surface area contributed by atoms with Crippen LogP contribution in [0.15, 0.2) is 22.0 Å². The number of carbonyl (C=O) groups is 2. The van der Waals surface area contributed by atoms with Crippen LogP contribution in [0.4, 0.5) is 5.82 Å². The van der Waals surface area contributed by atoms with E-state index in [1.54, 1.807) is 12.1 Å². The van der Waals surface area contributed by atoms with Crippen molar-refractivity contribution in [2.45, 2.75) is 38.5 Å². The van der Waals surface area contributed by atoms with E-state index in [9.17, 15) is 9.59 Å². The molecule has 2 aromatic rings. The standard InChI is InChI=1S/C17H21BrN4O2S/c18-14-7-6-13(25-14)17(24)19-10-16(23)20-15-9-12(21-22-15)8-11-4-2-1-3-5-11/h6-7,9,11H,1-5,8,10H2,(H,19,24)(H2,20,21,22,23). The van der Waals surface area contributed by atoms with Gasteiger partial charge in [0, 0.05) is 11.8 Å². The van der Waals surface area contributed by atoms with Crippen LogP contribution in [-0.2, 0) is 11.2 Å². The number of thiophene rings is 1. The quantitative estimate of drug-likeness (QED) is 0.659. The molecule has 3 rings (SSSR count). The van der Waals surface area contributed by atoms with Crippen LogP contribution in [0.1, 0.15) is 47.5 Å². The van der Waals surface area contributed by atoms with Gasteiger partial charge in [-0.2, -0.15) is 5.10 Å². The predicted octanol–water partition coefficient (Wildman–Crippen LogP) is 3.73. The molecule has 6 nitrogen and oxygen atoms in total. The minimum absolute atomic E-state index is 0.0842. The van der Waals surface area contributed by atoms with E-state index in [0.29, 0.717) is 16.6 Å². The van der Waals surface area contributed by atoms with Gasteiger partial charge in [-0.05, 0) is 40.4 Å². The summed E-state index contributed by atoms with van der Waals surface area (Å²) in [5.41, 5.74) is 1.05. The third kappa shape index (κ3) is 5.40. The first kappa shape index (κ1) is 18.1. The van der Waals surface area contributed by atoms with E-state index in [1.165, 1.54) is 43.4 Å². The van der Waals surface area contributed by atoms with Gasteiger partial charge in [0.1, 0.15) is 0 Å². The lowest BCUT2D eigenvalue weighted by molar-refractivity contribution is -0.115. The number of nitrogens with zero attached hydrogens (tertiary/aromatic N) is 1. The molecule has 2 amide bonds. The van der Waals surface area contributed by atoms with Gasteiger partial charge < -0.3 is 10.6 Å². The molecule has 0 radical (unpaired) electrons. The Morgan fingerprint density at radius 3 is 2.80 bits per heavy atom. The van der Waals surface area contributed by atoms with Crippen molar-refractivity contribution in [2.24, 2.45) is 5.92 Å². The summed E-state index contributed by atoms with van der Waals surface area (Å²) in [4.78, 5) is 24.4. The predicted molar refractivity (Wildman–Crippen MR) is 102 cm³/mol. The second kappa shape index (κ2) is 8.62. The summed E-state index contributed by atoms with van der Waals surface area (Å²) < 4.78 is 0.879. The summed E-state index contributed by atoms with van der Waals surface area (Å²) >= 11 is 4.64. The van der Waals surface area contributed by atoms with Crippen LogP contribution in [0.25, 0.3) is 0 Å². The largest absolute Gasteiger partial charge is 0.342 e. The van der Waals surface area contributed by atoms with Crippen LogP contribution >= 0.6 is 27.3 Å². The number of aromatic amines is 1. The normalized spacial score (nSPS) is 15.1. The minimum Gasteiger partial charge on any atom is -0.342 e. The van der Waals surface area contributed by atoms with Crippen molar-refractivity contribution in [1.82, 2.24) is 15.5 Å². The third-order valence-corrected chi connectivity index (χ3v) is 5.96. The van der Waals surface area contributed by atoms with Crippen LogP contribution in [0.2, 0.25) is 0 Å². The maximum Gasteiger partial charge on any atom is 0.261 e. The minimum atomic E-state index is -0.292. The van der Waals surface area contributed by atoms with E-state index in [0.717, 1.165) is 15.9 Å². The monoisotopic (exact) mass is 424 g/mol. The van der Waals surface area contributed by atoms with E-state index < -0.39 is 0 Å². The first-order valence-electron chi connectivity index (χ1n) is 8.48. The van der Waals surface area contributed by atoms with E-state index in [2.05, 4.69) is 36.8 Å². The number of carbonyl (C=O) groups excluding carboxylic acids is 2. The Labute approximate surface area is 158 Å². The number of amides is 2. The van der Waals surface area contributed by atoms with Crippen LogP contribution < -0.4 is 10.6 Å². The van der Waals surface area contributed by atoms with Gasteiger partial charge in [-0.3, -0.25) is 14.7 Å². The Morgan fingerprint density at radius 2 is 2.08 bits per heavy atom. The molecule has 1 fully saturated rings. The molecule has 3 N–H and O–H groups in total. The van der Waals surface area contributed by atoms with Crippen molar-refractivity contribution in [3.05, 3.63) is 32.6 Å². The van der Waals surface area contributed by atoms with Gasteiger partial charge in [0.25, 0.3) is 5.91 Å². The van der Waals surface area contributed by atoms with Gasteiger partial charge in [0.15, 0.2) is 5.82 Å². The van der Waals surface area contributed by atoms with E-state index in [-0.39, 0.29) is 18.4 Å². The Morgan fingerprint density at radius 1 is 1.28 bits per heavy atom. The molecule has 2 aromatic heterocycles. The third-order valence-electron chi connectivity index (χ3n) is 4.34. The lowest BCUT2D eigenvalue weighted by Gasteiger charge is -2.20. The number of hydrogen-bond donors (Lipinski definition) is 3. The van der Waals surface area contributed by atoms with E-state index >= 15 is 0 Å². The van der Waals surface area contributed by atoms with Crippen LogP contribution in [0.3, 0.4) is 0 Å². The average molecular weight is 425 g/mol. The van der Waals surface area contributed by atoms with Crippen molar-refractivity contribution in [1.29, 1.82) is 0 Å². The van der Waals surface area contributed by atoms with Crippen LogP contribution in [0, 0.1) is 5.92 Å².